The van der Waals surface area contributed by atoms with Crippen molar-refractivity contribution in [2.24, 2.45) is 5.92 Å². The summed E-state index contributed by atoms with van der Waals surface area (Å²) in [7, 11) is 0. The fourth-order valence-corrected chi connectivity index (χ4v) is 3.68. The number of aromatic nitrogens is 5. The summed E-state index contributed by atoms with van der Waals surface area (Å²) in [6, 6.07) is 15.2. The predicted molar refractivity (Wildman–Crippen MR) is 111 cm³/mol. The number of carbonyl (C=O) groups excluding carboxylic acids is 2. The first-order valence-corrected chi connectivity index (χ1v) is 9.63. The average molecular weight is 401 g/mol. The third-order valence-corrected chi connectivity index (χ3v) is 5.23. The number of benzene rings is 2. The van der Waals surface area contributed by atoms with E-state index in [2.05, 4.69) is 25.6 Å². The number of para-hydroxylation sites is 1. The predicted octanol–water partition coefficient (Wildman–Crippen LogP) is 2.19. The number of nitrogens with one attached hydrogen (secondary N) is 2. The van der Waals surface area contributed by atoms with Crippen molar-refractivity contribution in [3.63, 3.8) is 0 Å². The minimum Gasteiger partial charge on any atom is -0.326 e. The van der Waals surface area contributed by atoms with Crippen LogP contribution in [0, 0.1) is 5.92 Å². The Kier molecular flexibility index (Phi) is 4.47. The number of nitrogens with zero attached hydrogens (tertiary/aromatic N) is 5. The van der Waals surface area contributed by atoms with E-state index in [0.29, 0.717) is 24.6 Å². The smallest absolute Gasteiger partial charge is 0.229 e. The van der Waals surface area contributed by atoms with Gasteiger partial charge in [0.25, 0.3) is 0 Å². The molecule has 150 valence electrons. The molecule has 1 saturated heterocycles. The van der Waals surface area contributed by atoms with Gasteiger partial charge in [-0.25, -0.2) is 9.67 Å². The Balaban J connectivity index is 1.25. The molecule has 5 rings (SSSR count). The summed E-state index contributed by atoms with van der Waals surface area (Å²) in [5, 5.41) is 15.1. The van der Waals surface area contributed by atoms with Crippen molar-refractivity contribution >= 4 is 34.2 Å². The van der Waals surface area contributed by atoms with Gasteiger partial charge in [0.15, 0.2) is 5.82 Å². The first-order valence-electron chi connectivity index (χ1n) is 9.63. The van der Waals surface area contributed by atoms with E-state index < -0.39 is 5.92 Å². The zero-order chi connectivity index (χ0) is 20.5. The van der Waals surface area contributed by atoms with Crippen molar-refractivity contribution < 1.29 is 9.59 Å². The van der Waals surface area contributed by atoms with E-state index >= 15 is 0 Å². The number of amides is 2. The molecule has 4 aromatic rings. The second-order valence-electron chi connectivity index (χ2n) is 7.28. The molecule has 1 fully saturated rings. The van der Waals surface area contributed by atoms with Gasteiger partial charge in [0, 0.05) is 24.0 Å². The molecule has 0 aliphatic carbocycles. The maximum absolute atomic E-state index is 12.7. The van der Waals surface area contributed by atoms with Crippen LogP contribution in [-0.4, -0.2) is 43.3 Å². The summed E-state index contributed by atoms with van der Waals surface area (Å²) >= 11 is 0. The summed E-state index contributed by atoms with van der Waals surface area (Å²) in [4.78, 5) is 30.8. The molecular formula is C21H19N7O2. The van der Waals surface area contributed by atoms with Crippen molar-refractivity contribution in [3.8, 4) is 0 Å². The van der Waals surface area contributed by atoms with Gasteiger partial charge in [-0.2, -0.15) is 10.2 Å². The van der Waals surface area contributed by atoms with E-state index in [1.54, 1.807) is 15.9 Å². The largest absolute Gasteiger partial charge is 0.326 e. The molecule has 1 unspecified atom stereocenters. The highest BCUT2D eigenvalue weighted by Gasteiger charge is 2.36. The Labute approximate surface area is 171 Å². The normalized spacial score (nSPS) is 16.3. The fourth-order valence-electron chi connectivity index (χ4n) is 3.68. The van der Waals surface area contributed by atoms with Crippen LogP contribution in [0.2, 0.25) is 0 Å². The number of hydrogen-bond acceptors (Lipinski definition) is 5. The first kappa shape index (κ1) is 18.0. The lowest BCUT2D eigenvalue weighted by Gasteiger charge is -2.14. The molecule has 2 amide bonds. The number of hydrogen-bond donors (Lipinski definition) is 2. The van der Waals surface area contributed by atoms with E-state index in [0.717, 1.165) is 16.5 Å². The van der Waals surface area contributed by atoms with E-state index in [-0.39, 0.29) is 18.2 Å². The molecule has 2 aromatic heterocycles. The summed E-state index contributed by atoms with van der Waals surface area (Å²) in [6.45, 7) is 0.918. The van der Waals surface area contributed by atoms with Gasteiger partial charge in [0.05, 0.1) is 18.0 Å². The van der Waals surface area contributed by atoms with Crippen molar-refractivity contribution in [2.45, 2.75) is 13.0 Å². The first-order chi connectivity index (χ1) is 14.7. The van der Waals surface area contributed by atoms with Gasteiger partial charge in [-0.1, -0.05) is 24.3 Å². The molecule has 1 atom stereocenters. The van der Waals surface area contributed by atoms with Crippen LogP contribution in [0.4, 0.5) is 11.5 Å². The lowest BCUT2D eigenvalue weighted by atomic mass is 10.1. The van der Waals surface area contributed by atoms with E-state index in [9.17, 15) is 9.59 Å². The van der Waals surface area contributed by atoms with Crippen LogP contribution in [-0.2, 0) is 16.1 Å². The summed E-state index contributed by atoms with van der Waals surface area (Å²) < 4.78 is 1.73. The second kappa shape index (κ2) is 7.43. The molecule has 0 radical (unpaired) electrons. The maximum Gasteiger partial charge on any atom is 0.229 e. The SMILES string of the molecule is O=C(Nc1ccc(Cn2cncn2)cc1)C1CC(=O)N(c2n[nH]c3ccccc23)C1. The van der Waals surface area contributed by atoms with Gasteiger partial charge in [0.1, 0.15) is 12.7 Å². The van der Waals surface area contributed by atoms with Gasteiger partial charge in [-0.15, -0.1) is 0 Å². The molecule has 1 aliphatic rings. The highest BCUT2D eigenvalue weighted by Crippen LogP contribution is 2.30. The van der Waals surface area contributed by atoms with Crippen LogP contribution in [0.25, 0.3) is 10.9 Å². The summed E-state index contributed by atoms with van der Waals surface area (Å²) in [6.07, 6.45) is 3.31. The van der Waals surface area contributed by atoms with E-state index in [1.807, 2.05) is 48.5 Å². The Morgan fingerprint density at radius 1 is 1.17 bits per heavy atom. The van der Waals surface area contributed by atoms with Crippen LogP contribution >= 0.6 is 0 Å². The van der Waals surface area contributed by atoms with Crippen LogP contribution in [0.1, 0.15) is 12.0 Å². The lowest BCUT2D eigenvalue weighted by Crippen LogP contribution is -2.28. The molecule has 3 heterocycles. The number of fused-ring (bicyclic) bond motifs is 1. The second-order valence-corrected chi connectivity index (χ2v) is 7.28. The third kappa shape index (κ3) is 3.41. The summed E-state index contributed by atoms with van der Waals surface area (Å²) in [5.74, 6) is -0.128. The van der Waals surface area contributed by atoms with Crippen LogP contribution in [0.15, 0.2) is 61.2 Å². The van der Waals surface area contributed by atoms with Crippen LogP contribution in [0.5, 0.6) is 0 Å². The fraction of sp³-hybridized carbons (Fsp3) is 0.190. The van der Waals surface area contributed by atoms with Gasteiger partial charge in [-0.3, -0.25) is 19.6 Å². The van der Waals surface area contributed by atoms with Crippen LogP contribution in [0.3, 0.4) is 0 Å². The lowest BCUT2D eigenvalue weighted by molar-refractivity contribution is -0.122. The average Bonchev–Trinajstić information content (AvgIpc) is 3.49. The quantitative estimate of drug-likeness (QED) is 0.533. The molecule has 2 N–H and O–H groups in total. The zero-order valence-electron chi connectivity index (χ0n) is 16.0. The monoisotopic (exact) mass is 401 g/mol. The Morgan fingerprint density at radius 2 is 2.00 bits per heavy atom. The molecule has 30 heavy (non-hydrogen) atoms. The van der Waals surface area contributed by atoms with E-state index in [4.69, 9.17) is 0 Å². The minimum absolute atomic E-state index is 0.101. The molecule has 1 aliphatic heterocycles. The molecule has 9 nitrogen and oxygen atoms in total. The van der Waals surface area contributed by atoms with Crippen molar-refractivity contribution in [1.82, 2.24) is 25.0 Å². The Hall–Kier alpha value is -4.01. The number of anilines is 2. The molecule has 0 bridgehead atoms. The van der Waals surface area contributed by atoms with Crippen molar-refractivity contribution in [1.29, 1.82) is 0 Å². The van der Waals surface area contributed by atoms with Gasteiger partial charge in [0.2, 0.25) is 11.8 Å². The molecule has 0 saturated carbocycles. The molecule has 2 aromatic carbocycles. The number of aromatic amines is 1. The van der Waals surface area contributed by atoms with Crippen LogP contribution < -0.4 is 10.2 Å². The standard InChI is InChI=1S/C21H19N7O2/c29-19-9-15(11-28(19)20-17-3-1-2-4-18(17)25-26-20)21(30)24-16-7-5-14(6-8-16)10-27-13-22-12-23-27/h1-8,12-13,15H,9-11H2,(H,24,30)(H,25,26). The van der Waals surface area contributed by atoms with Gasteiger partial charge >= 0.3 is 0 Å². The van der Waals surface area contributed by atoms with Gasteiger partial charge < -0.3 is 5.32 Å². The van der Waals surface area contributed by atoms with Crippen molar-refractivity contribution in [2.75, 3.05) is 16.8 Å². The molecular weight excluding hydrogens is 382 g/mol. The highest BCUT2D eigenvalue weighted by molar-refractivity contribution is 6.06. The number of carbonyl (C=O) groups is 2. The van der Waals surface area contributed by atoms with Crippen molar-refractivity contribution in [3.05, 3.63) is 66.7 Å². The zero-order valence-corrected chi connectivity index (χ0v) is 16.0. The third-order valence-electron chi connectivity index (χ3n) is 5.23. The topological polar surface area (TPSA) is 109 Å². The molecule has 0 spiro atoms. The Morgan fingerprint density at radius 3 is 2.80 bits per heavy atom. The van der Waals surface area contributed by atoms with E-state index in [1.165, 1.54) is 6.33 Å². The Bertz CT molecular complexity index is 1200. The van der Waals surface area contributed by atoms with Gasteiger partial charge in [-0.05, 0) is 29.8 Å². The molecule has 9 heteroatoms. The summed E-state index contributed by atoms with van der Waals surface area (Å²) in [5.41, 5.74) is 2.60. The minimum atomic E-state index is -0.428. The number of H-pyrrole nitrogens is 1. The highest BCUT2D eigenvalue weighted by atomic mass is 16.2. The maximum atomic E-state index is 12.7. The number of rotatable bonds is 5.